The van der Waals surface area contributed by atoms with Gasteiger partial charge in [-0.15, -0.1) is 0 Å². The quantitative estimate of drug-likeness (QED) is 0.622. The number of nitrogens with zero attached hydrogens (tertiary/aromatic N) is 2. The van der Waals surface area contributed by atoms with Gasteiger partial charge >= 0.3 is 5.97 Å². The normalized spacial score (nSPS) is 10.8. The number of fused-ring (bicyclic) bond motifs is 1. The number of nitrogens with one attached hydrogen (secondary N) is 1. The lowest BCUT2D eigenvalue weighted by Crippen LogP contribution is -2.30. The first-order chi connectivity index (χ1) is 12.5. The minimum absolute atomic E-state index is 0.0217. The van der Waals surface area contributed by atoms with E-state index in [1.165, 1.54) is 17.8 Å². The number of carboxylic acid groups (broad SMARTS) is 1. The fourth-order valence-electron chi connectivity index (χ4n) is 2.47. The molecule has 6 nitrogen and oxygen atoms in total. The number of carboxylic acids is 1. The molecule has 0 bridgehead atoms. The zero-order chi connectivity index (χ0) is 18.5. The molecule has 0 aliphatic carbocycles. The van der Waals surface area contributed by atoms with Crippen LogP contribution in [0.2, 0.25) is 0 Å². The molecule has 3 rings (SSSR count). The summed E-state index contributed by atoms with van der Waals surface area (Å²) in [5.41, 5.74) is 2.11. The van der Waals surface area contributed by atoms with E-state index in [-0.39, 0.29) is 18.1 Å². The van der Waals surface area contributed by atoms with E-state index in [4.69, 9.17) is 5.11 Å². The van der Waals surface area contributed by atoms with Gasteiger partial charge in [-0.25, -0.2) is 9.37 Å². The lowest BCUT2D eigenvalue weighted by Gasteiger charge is -2.10. The molecule has 0 aliphatic heterocycles. The fourth-order valence-corrected chi connectivity index (χ4v) is 3.31. The Morgan fingerprint density at radius 1 is 1.15 bits per heavy atom. The van der Waals surface area contributed by atoms with Crippen molar-refractivity contribution in [3.63, 3.8) is 0 Å². The third kappa shape index (κ3) is 4.20. The number of halogens is 1. The number of thioether (sulfide) groups is 1. The molecule has 0 saturated carbocycles. The van der Waals surface area contributed by atoms with Gasteiger partial charge < -0.3 is 15.0 Å². The highest BCUT2D eigenvalue weighted by molar-refractivity contribution is 7.99. The Morgan fingerprint density at radius 3 is 2.65 bits per heavy atom. The number of imidazole rings is 1. The van der Waals surface area contributed by atoms with Crippen molar-refractivity contribution in [3.05, 3.63) is 59.9 Å². The van der Waals surface area contributed by atoms with Crippen LogP contribution in [0.3, 0.4) is 0 Å². The van der Waals surface area contributed by atoms with E-state index < -0.39 is 18.4 Å². The SMILES string of the molecule is O=C(O)CNC(=O)CSc1nc2ccccc2n1Cc1ccccc1F. The zero-order valence-electron chi connectivity index (χ0n) is 13.7. The molecule has 0 atom stereocenters. The van der Waals surface area contributed by atoms with E-state index >= 15 is 0 Å². The average molecular weight is 373 g/mol. The Labute approximate surface area is 153 Å². The Kier molecular flexibility index (Phi) is 5.52. The van der Waals surface area contributed by atoms with E-state index in [1.54, 1.807) is 18.2 Å². The summed E-state index contributed by atoms with van der Waals surface area (Å²) in [6.07, 6.45) is 0. The molecule has 0 saturated heterocycles. The Morgan fingerprint density at radius 2 is 1.88 bits per heavy atom. The van der Waals surface area contributed by atoms with Crippen molar-refractivity contribution >= 4 is 34.7 Å². The zero-order valence-corrected chi connectivity index (χ0v) is 14.5. The molecule has 26 heavy (non-hydrogen) atoms. The van der Waals surface area contributed by atoms with Gasteiger partial charge in [0, 0.05) is 5.56 Å². The topological polar surface area (TPSA) is 84.2 Å². The van der Waals surface area contributed by atoms with Crippen molar-refractivity contribution in [1.82, 2.24) is 14.9 Å². The molecule has 3 aromatic rings. The van der Waals surface area contributed by atoms with Crippen molar-refractivity contribution < 1.29 is 19.1 Å². The Hall–Kier alpha value is -2.87. The van der Waals surface area contributed by atoms with Crippen LogP contribution in [0, 0.1) is 5.82 Å². The maximum absolute atomic E-state index is 14.0. The fraction of sp³-hybridized carbons (Fsp3) is 0.167. The van der Waals surface area contributed by atoms with Gasteiger partial charge in [0.25, 0.3) is 0 Å². The summed E-state index contributed by atoms with van der Waals surface area (Å²) in [4.78, 5) is 26.8. The van der Waals surface area contributed by atoms with Crippen molar-refractivity contribution in [2.45, 2.75) is 11.7 Å². The predicted molar refractivity (Wildman–Crippen MR) is 96.6 cm³/mol. The molecule has 2 N–H and O–H groups in total. The lowest BCUT2D eigenvalue weighted by atomic mass is 10.2. The van der Waals surface area contributed by atoms with Crippen molar-refractivity contribution in [1.29, 1.82) is 0 Å². The second kappa shape index (κ2) is 8.01. The first kappa shape index (κ1) is 17.9. The van der Waals surface area contributed by atoms with Crippen LogP contribution in [-0.4, -0.2) is 38.8 Å². The average Bonchev–Trinajstić information content (AvgIpc) is 2.98. The maximum atomic E-state index is 14.0. The Bertz CT molecular complexity index is 958. The van der Waals surface area contributed by atoms with Crippen LogP contribution in [0.1, 0.15) is 5.56 Å². The maximum Gasteiger partial charge on any atom is 0.322 e. The Balaban J connectivity index is 1.84. The molecular weight excluding hydrogens is 357 g/mol. The summed E-state index contributed by atoms with van der Waals surface area (Å²) in [5.74, 6) is -1.79. The number of amides is 1. The monoisotopic (exact) mass is 373 g/mol. The van der Waals surface area contributed by atoms with Gasteiger partial charge in [0.05, 0.1) is 23.3 Å². The molecule has 2 aromatic carbocycles. The van der Waals surface area contributed by atoms with Gasteiger partial charge in [0.2, 0.25) is 5.91 Å². The molecule has 0 spiro atoms. The highest BCUT2D eigenvalue weighted by Crippen LogP contribution is 2.25. The van der Waals surface area contributed by atoms with Gasteiger partial charge in [-0.2, -0.15) is 0 Å². The summed E-state index contributed by atoms with van der Waals surface area (Å²) in [6.45, 7) is -0.142. The highest BCUT2D eigenvalue weighted by Gasteiger charge is 2.14. The number of hydrogen-bond acceptors (Lipinski definition) is 4. The summed E-state index contributed by atoms with van der Waals surface area (Å²) in [6, 6.07) is 14.0. The molecular formula is C18H16FN3O3S. The van der Waals surface area contributed by atoms with E-state index in [0.717, 1.165) is 11.0 Å². The van der Waals surface area contributed by atoms with Crippen molar-refractivity contribution in [2.75, 3.05) is 12.3 Å². The van der Waals surface area contributed by atoms with Crippen LogP contribution in [0.5, 0.6) is 0 Å². The number of benzene rings is 2. The highest BCUT2D eigenvalue weighted by atomic mass is 32.2. The molecule has 1 aromatic heterocycles. The van der Waals surface area contributed by atoms with Crippen LogP contribution in [0.4, 0.5) is 4.39 Å². The van der Waals surface area contributed by atoms with Crippen LogP contribution < -0.4 is 5.32 Å². The standard InChI is InChI=1S/C18H16FN3O3S/c19-13-6-2-1-5-12(13)10-22-15-8-4-3-7-14(15)21-18(22)26-11-16(23)20-9-17(24)25/h1-8H,9-11H2,(H,20,23)(H,24,25). The minimum Gasteiger partial charge on any atom is -0.480 e. The van der Waals surface area contributed by atoms with Gasteiger partial charge in [0.15, 0.2) is 5.16 Å². The molecule has 0 radical (unpaired) electrons. The second-order valence-corrected chi connectivity index (χ2v) is 6.46. The largest absolute Gasteiger partial charge is 0.480 e. The molecule has 0 aliphatic rings. The van der Waals surface area contributed by atoms with E-state index in [0.29, 0.717) is 10.7 Å². The summed E-state index contributed by atoms with van der Waals surface area (Å²) < 4.78 is 15.9. The summed E-state index contributed by atoms with van der Waals surface area (Å²) in [7, 11) is 0. The van der Waals surface area contributed by atoms with E-state index in [2.05, 4.69) is 10.3 Å². The number of carbonyl (C=O) groups is 2. The van der Waals surface area contributed by atoms with Crippen LogP contribution >= 0.6 is 11.8 Å². The number of aliphatic carboxylic acids is 1. The summed E-state index contributed by atoms with van der Waals surface area (Å²) in [5, 5.41) is 11.5. The lowest BCUT2D eigenvalue weighted by molar-refractivity contribution is -0.137. The molecule has 1 amide bonds. The van der Waals surface area contributed by atoms with Gasteiger partial charge in [0.1, 0.15) is 12.4 Å². The number of aromatic nitrogens is 2. The first-order valence-electron chi connectivity index (χ1n) is 7.84. The second-order valence-electron chi connectivity index (χ2n) is 5.52. The van der Waals surface area contributed by atoms with Gasteiger partial charge in [-0.05, 0) is 18.2 Å². The van der Waals surface area contributed by atoms with Crippen molar-refractivity contribution in [2.24, 2.45) is 0 Å². The number of hydrogen-bond donors (Lipinski definition) is 2. The third-order valence-electron chi connectivity index (χ3n) is 3.67. The molecule has 0 unspecified atom stereocenters. The van der Waals surface area contributed by atoms with Crippen LogP contribution in [-0.2, 0) is 16.1 Å². The first-order valence-corrected chi connectivity index (χ1v) is 8.83. The number of rotatable bonds is 7. The van der Waals surface area contributed by atoms with E-state index in [9.17, 15) is 14.0 Å². The molecule has 0 fully saturated rings. The molecule has 1 heterocycles. The van der Waals surface area contributed by atoms with Crippen LogP contribution in [0.25, 0.3) is 11.0 Å². The van der Waals surface area contributed by atoms with E-state index in [1.807, 2.05) is 28.8 Å². The smallest absolute Gasteiger partial charge is 0.322 e. The van der Waals surface area contributed by atoms with Crippen LogP contribution in [0.15, 0.2) is 53.7 Å². The molecule has 134 valence electrons. The van der Waals surface area contributed by atoms with Gasteiger partial charge in [-0.1, -0.05) is 42.1 Å². The van der Waals surface area contributed by atoms with Gasteiger partial charge in [-0.3, -0.25) is 9.59 Å². The minimum atomic E-state index is -1.10. The van der Waals surface area contributed by atoms with Crippen molar-refractivity contribution in [3.8, 4) is 0 Å². The predicted octanol–water partition coefficient (Wildman–Crippen LogP) is 2.52. The number of para-hydroxylation sites is 2. The number of carbonyl (C=O) groups excluding carboxylic acids is 1. The summed E-state index contributed by atoms with van der Waals surface area (Å²) >= 11 is 1.18. The third-order valence-corrected chi connectivity index (χ3v) is 4.65. The molecule has 8 heteroatoms.